The molecule has 1 aromatic rings. The van der Waals surface area contributed by atoms with E-state index in [4.69, 9.17) is 16.3 Å². The third-order valence-corrected chi connectivity index (χ3v) is 5.49. The number of hydrogen-bond donors (Lipinski definition) is 0. The molecule has 1 aromatic carbocycles. The van der Waals surface area contributed by atoms with Gasteiger partial charge < -0.3 is 4.74 Å². The molecule has 0 amide bonds. The Hall–Kier alpha value is -0.620. The van der Waals surface area contributed by atoms with Crippen LogP contribution in [0.4, 0.5) is 0 Å². The molecule has 1 saturated heterocycles. The molecule has 0 unspecified atom stereocenters. The van der Waals surface area contributed by atoms with E-state index >= 15 is 0 Å². The topological polar surface area (TPSA) is 46.6 Å². The van der Waals surface area contributed by atoms with Gasteiger partial charge in [0.05, 0.1) is 18.1 Å². The molecule has 1 heterocycles. The second-order valence-electron chi connectivity index (χ2n) is 4.38. The fraction of sp³-hybridized carbons (Fsp3) is 0.500. The number of rotatable bonds is 2. The second-order valence-corrected chi connectivity index (χ2v) is 6.70. The monoisotopic (exact) mass is 289 g/mol. The van der Waals surface area contributed by atoms with Gasteiger partial charge in [0.1, 0.15) is 0 Å². The average molecular weight is 290 g/mol. The third-order valence-electron chi connectivity index (χ3n) is 3.04. The van der Waals surface area contributed by atoms with Gasteiger partial charge in [-0.05, 0) is 37.1 Å². The highest BCUT2D eigenvalue weighted by atomic mass is 35.5. The smallest absolute Gasteiger partial charge is 0.243 e. The van der Waals surface area contributed by atoms with Crippen LogP contribution in [0.3, 0.4) is 0 Å². The van der Waals surface area contributed by atoms with Crippen LogP contribution in [0.2, 0.25) is 5.02 Å². The van der Waals surface area contributed by atoms with E-state index in [1.54, 1.807) is 26.0 Å². The molecular formula is C12H16ClNO3S. The van der Waals surface area contributed by atoms with Crippen LogP contribution >= 0.6 is 11.6 Å². The Kier molecular flexibility index (Phi) is 3.96. The van der Waals surface area contributed by atoms with Crippen molar-refractivity contribution in [1.29, 1.82) is 0 Å². The predicted octanol–water partition coefficient (Wildman–Crippen LogP) is 1.98. The number of aryl methyl sites for hydroxylation is 2. The number of nitrogens with zero attached hydrogens (tertiary/aromatic N) is 1. The summed E-state index contributed by atoms with van der Waals surface area (Å²) in [5, 5.41) is 0.591. The van der Waals surface area contributed by atoms with Crippen LogP contribution in [0.1, 0.15) is 11.1 Å². The van der Waals surface area contributed by atoms with Crippen LogP contribution in [0.25, 0.3) is 0 Å². The summed E-state index contributed by atoms with van der Waals surface area (Å²) in [5.74, 6) is 0. The Morgan fingerprint density at radius 3 is 2.39 bits per heavy atom. The van der Waals surface area contributed by atoms with Crippen molar-refractivity contribution in [2.45, 2.75) is 18.7 Å². The second kappa shape index (κ2) is 5.17. The molecule has 0 bridgehead atoms. The minimum absolute atomic E-state index is 0.339. The molecular weight excluding hydrogens is 274 g/mol. The Labute approximate surface area is 113 Å². The van der Waals surface area contributed by atoms with Crippen molar-refractivity contribution >= 4 is 21.6 Å². The first-order valence-electron chi connectivity index (χ1n) is 5.77. The van der Waals surface area contributed by atoms with Gasteiger partial charge in [-0.3, -0.25) is 0 Å². The Morgan fingerprint density at radius 1 is 1.17 bits per heavy atom. The van der Waals surface area contributed by atoms with Crippen molar-refractivity contribution in [3.8, 4) is 0 Å². The van der Waals surface area contributed by atoms with Crippen molar-refractivity contribution in [2.24, 2.45) is 0 Å². The van der Waals surface area contributed by atoms with Gasteiger partial charge in [-0.1, -0.05) is 11.6 Å². The van der Waals surface area contributed by atoms with Crippen LogP contribution in [-0.2, 0) is 14.8 Å². The van der Waals surface area contributed by atoms with Gasteiger partial charge in [-0.15, -0.1) is 0 Å². The fourth-order valence-corrected chi connectivity index (χ4v) is 3.88. The van der Waals surface area contributed by atoms with Gasteiger partial charge >= 0.3 is 0 Å². The lowest BCUT2D eigenvalue weighted by Crippen LogP contribution is -2.40. The van der Waals surface area contributed by atoms with Gasteiger partial charge in [0.15, 0.2) is 0 Å². The number of hydrogen-bond acceptors (Lipinski definition) is 3. The predicted molar refractivity (Wildman–Crippen MR) is 70.5 cm³/mol. The standard InChI is InChI=1S/C12H16ClNO3S/c1-9-8-12(10(2)7-11(9)13)18(15,16)14-3-5-17-6-4-14/h7-8H,3-6H2,1-2H3. The molecule has 2 rings (SSSR count). The summed E-state index contributed by atoms with van der Waals surface area (Å²) in [7, 11) is -3.44. The normalized spacial score (nSPS) is 17.9. The molecule has 18 heavy (non-hydrogen) atoms. The molecule has 0 aliphatic carbocycles. The van der Waals surface area contributed by atoms with E-state index in [-0.39, 0.29) is 0 Å². The lowest BCUT2D eigenvalue weighted by molar-refractivity contribution is 0.0730. The summed E-state index contributed by atoms with van der Waals surface area (Å²) in [4.78, 5) is 0.339. The first kappa shape index (κ1) is 13.8. The molecule has 4 nitrogen and oxygen atoms in total. The number of morpholine rings is 1. The number of halogens is 1. The summed E-state index contributed by atoms with van der Waals surface area (Å²) in [6.45, 7) is 5.28. The lowest BCUT2D eigenvalue weighted by Gasteiger charge is -2.26. The third kappa shape index (κ3) is 2.54. The summed E-state index contributed by atoms with van der Waals surface area (Å²) in [6, 6.07) is 3.34. The summed E-state index contributed by atoms with van der Waals surface area (Å²) in [6.07, 6.45) is 0. The molecule has 6 heteroatoms. The number of sulfonamides is 1. The van der Waals surface area contributed by atoms with E-state index in [1.807, 2.05) is 0 Å². The first-order chi connectivity index (χ1) is 8.43. The maximum atomic E-state index is 12.5. The fourth-order valence-electron chi connectivity index (χ4n) is 1.96. The minimum atomic E-state index is -3.44. The maximum Gasteiger partial charge on any atom is 0.243 e. The van der Waals surface area contributed by atoms with Crippen molar-refractivity contribution in [2.75, 3.05) is 26.3 Å². The van der Waals surface area contributed by atoms with E-state index in [2.05, 4.69) is 0 Å². The van der Waals surface area contributed by atoms with Crippen LogP contribution < -0.4 is 0 Å². The SMILES string of the molecule is Cc1cc(S(=O)(=O)N2CCOCC2)c(C)cc1Cl. The highest BCUT2D eigenvalue weighted by Gasteiger charge is 2.28. The maximum absolute atomic E-state index is 12.5. The van der Waals surface area contributed by atoms with Crippen molar-refractivity contribution < 1.29 is 13.2 Å². The highest BCUT2D eigenvalue weighted by molar-refractivity contribution is 7.89. The van der Waals surface area contributed by atoms with E-state index in [1.165, 1.54) is 4.31 Å². The lowest BCUT2D eigenvalue weighted by atomic mass is 10.2. The molecule has 0 aromatic heterocycles. The molecule has 0 N–H and O–H groups in total. The zero-order valence-electron chi connectivity index (χ0n) is 10.4. The number of benzene rings is 1. The van der Waals surface area contributed by atoms with Gasteiger partial charge in [0.2, 0.25) is 10.0 Å². The van der Waals surface area contributed by atoms with Crippen molar-refractivity contribution in [1.82, 2.24) is 4.31 Å². The zero-order chi connectivity index (χ0) is 13.3. The first-order valence-corrected chi connectivity index (χ1v) is 7.59. The average Bonchev–Trinajstić information content (AvgIpc) is 2.34. The largest absolute Gasteiger partial charge is 0.379 e. The Bertz CT molecular complexity index is 551. The summed E-state index contributed by atoms with van der Waals surface area (Å²) >= 11 is 5.99. The van der Waals surface area contributed by atoms with E-state index in [0.717, 1.165) is 5.56 Å². The molecule has 100 valence electrons. The van der Waals surface area contributed by atoms with Crippen molar-refractivity contribution in [3.05, 3.63) is 28.3 Å². The van der Waals surface area contributed by atoms with Crippen LogP contribution in [-0.4, -0.2) is 39.0 Å². The Morgan fingerprint density at radius 2 is 1.78 bits per heavy atom. The van der Waals surface area contributed by atoms with Gasteiger partial charge in [0.25, 0.3) is 0 Å². The highest BCUT2D eigenvalue weighted by Crippen LogP contribution is 2.26. The quantitative estimate of drug-likeness (QED) is 0.836. The Balaban J connectivity index is 2.43. The van der Waals surface area contributed by atoms with E-state index in [0.29, 0.717) is 41.8 Å². The minimum Gasteiger partial charge on any atom is -0.379 e. The molecule has 1 aliphatic rings. The molecule has 0 spiro atoms. The molecule has 0 saturated carbocycles. The van der Waals surface area contributed by atoms with E-state index < -0.39 is 10.0 Å². The van der Waals surface area contributed by atoms with E-state index in [9.17, 15) is 8.42 Å². The molecule has 0 atom stereocenters. The molecule has 1 fully saturated rings. The van der Waals surface area contributed by atoms with Crippen LogP contribution in [0.5, 0.6) is 0 Å². The molecule has 1 aliphatic heterocycles. The van der Waals surface area contributed by atoms with Crippen LogP contribution in [0.15, 0.2) is 17.0 Å². The van der Waals surface area contributed by atoms with Gasteiger partial charge in [-0.2, -0.15) is 4.31 Å². The molecule has 0 radical (unpaired) electrons. The number of ether oxygens (including phenoxy) is 1. The summed E-state index contributed by atoms with van der Waals surface area (Å²) in [5.41, 5.74) is 1.45. The van der Waals surface area contributed by atoms with Crippen LogP contribution in [0, 0.1) is 13.8 Å². The van der Waals surface area contributed by atoms with Gasteiger partial charge in [0, 0.05) is 18.1 Å². The van der Waals surface area contributed by atoms with Crippen molar-refractivity contribution in [3.63, 3.8) is 0 Å². The zero-order valence-corrected chi connectivity index (χ0v) is 12.0. The summed E-state index contributed by atoms with van der Waals surface area (Å²) < 4.78 is 31.6. The van der Waals surface area contributed by atoms with Gasteiger partial charge in [-0.25, -0.2) is 8.42 Å².